The van der Waals surface area contributed by atoms with Crippen molar-refractivity contribution in [1.29, 1.82) is 0 Å². The smallest absolute Gasteiger partial charge is 0.870 e. The van der Waals surface area contributed by atoms with Crippen LogP contribution in [0.1, 0.15) is 19.8 Å². The Balaban J connectivity index is 0. The van der Waals surface area contributed by atoms with Crippen LogP contribution in [-0.2, 0) is 14.2 Å². The fraction of sp³-hybridized carbons (Fsp3) is 1.00. The largest absolute Gasteiger partial charge is 1.00 e. The maximum absolute atomic E-state index is 8.11. The standard InChI is InChI=1S/C6H10O3.C4H10O2.Na.H2O/c1(5-3-8-5)7-2-6-4-9-6;1-2-3-4(5)6;;/h5-6H,1-4H2;4-6H,2-3H2,1H3;;1H2/q;;+1;/p-1. The molecule has 6 nitrogen and oxygen atoms in total. The van der Waals surface area contributed by atoms with Crippen LogP contribution in [-0.4, -0.2) is 60.6 Å². The van der Waals surface area contributed by atoms with Crippen molar-refractivity contribution in [3.05, 3.63) is 0 Å². The number of aliphatic hydroxyl groups is 2. The molecule has 2 fully saturated rings. The quantitative estimate of drug-likeness (QED) is 0.295. The zero-order valence-corrected chi connectivity index (χ0v) is 12.5. The molecule has 0 saturated carbocycles. The van der Waals surface area contributed by atoms with E-state index in [2.05, 4.69) is 0 Å². The summed E-state index contributed by atoms with van der Waals surface area (Å²) in [7, 11) is 0. The van der Waals surface area contributed by atoms with E-state index >= 15 is 0 Å². The van der Waals surface area contributed by atoms with Crippen molar-refractivity contribution in [2.75, 3.05) is 26.4 Å². The van der Waals surface area contributed by atoms with Crippen molar-refractivity contribution < 1.29 is 59.5 Å². The van der Waals surface area contributed by atoms with Crippen LogP contribution in [0.5, 0.6) is 0 Å². The summed E-state index contributed by atoms with van der Waals surface area (Å²) < 4.78 is 15.1. The Kier molecular flexibility index (Phi) is 14.0. The van der Waals surface area contributed by atoms with Crippen molar-refractivity contribution >= 4 is 0 Å². The minimum absolute atomic E-state index is 0. The number of rotatable bonds is 6. The Labute approximate surface area is 124 Å². The normalized spacial score (nSPS) is 24.0. The van der Waals surface area contributed by atoms with Gasteiger partial charge in [-0.25, -0.2) is 0 Å². The van der Waals surface area contributed by atoms with Crippen molar-refractivity contribution in [3.63, 3.8) is 0 Å². The molecular formula is C10H21NaO6. The van der Waals surface area contributed by atoms with Gasteiger partial charge in [0.05, 0.1) is 26.4 Å². The van der Waals surface area contributed by atoms with E-state index in [-0.39, 0.29) is 35.0 Å². The zero-order valence-electron chi connectivity index (χ0n) is 10.5. The van der Waals surface area contributed by atoms with Gasteiger partial charge in [0.1, 0.15) is 12.2 Å². The van der Waals surface area contributed by atoms with E-state index in [4.69, 9.17) is 24.4 Å². The van der Waals surface area contributed by atoms with E-state index in [1.54, 1.807) is 0 Å². The number of hydrogen-bond acceptors (Lipinski definition) is 6. The first-order chi connectivity index (χ1) is 7.22. The molecule has 3 N–H and O–H groups in total. The van der Waals surface area contributed by atoms with Gasteiger partial charge in [0.15, 0.2) is 6.29 Å². The molecule has 7 heteroatoms. The van der Waals surface area contributed by atoms with Gasteiger partial charge in [-0.1, -0.05) is 13.3 Å². The Morgan fingerprint density at radius 3 is 1.76 bits per heavy atom. The van der Waals surface area contributed by atoms with Crippen molar-refractivity contribution in [1.82, 2.24) is 0 Å². The summed E-state index contributed by atoms with van der Waals surface area (Å²) in [6, 6.07) is 0. The minimum Gasteiger partial charge on any atom is -0.870 e. The summed E-state index contributed by atoms with van der Waals surface area (Å²) >= 11 is 0. The van der Waals surface area contributed by atoms with Crippen LogP contribution in [0.25, 0.3) is 0 Å². The molecule has 17 heavy (non-hydrogen) atoms. The monoisotopic (exact) mass is 260 g/mol. The van der Waals surface area contributed by atoms with E-state index in [0.717, 1.165) is 32.8 Å². The van der Waals surface area contributed by atoms with Crippen LogP contribution in [0.15, 0.2) is 0 Å². The second kappa shape index (κ2) is 11.8. The van der Waals surface area contributed by atoms with Gasteiger partial charge in [0.2, 0.25) is 0 Å². The molecule has 2 saturated heterocycles. The van der Waals surface area contributed by atoms with Crippen LogP contribution in [0.3, 0.4) is 0 Å². The summed E-state index contributed by atoms with van der Waals surface area (Å²) in [6.45, 7) is 5.16. The number of aliphatic hydroxyl groups excluding tert-OH is 1. The van der Waals surface area contributed by atoms with Gasteiger partial charge in [-0.05, 0) is 6.42 Å². The number of ether oxygens (including phenoxy) is 3. The van der Waals surface area contributed by atoms with Crippen molar-refractivity contribution in [3.8, 4) is 0 Å². The van der Waals surface area contributed by atoms with Crippen LogP contribution < -0.4 is 29.6 Å². The van der Waals surface area contributed by atoms with E-state index in [1.165, 1.54) is 0 Å². The Morgan fingerprint density at radius 1 is 1.18 bits per heavy atom. The fourth-order valence-corrected chi connectivity index (χ4v) is 0.918. The van der Waals surface area contributed by atoms with Gasteiger partial charge < -0.3 is 29.9 Å². The maximum Gasteiger partial charge on any atom is 1.00 e. The minimum atomic E-state index is -1.10. The molecule has 0 amide bonds. The van der Waals surface area contributed by atoms with Gasteiger partial charge in [0, 0.05) is 0 Å². The molecule has 0 bridgehead atoms. The zero-order chi connectivity index (χ0) is 11.1. The van der Waals surface area contributed by atoms with Crippen molar-refractivity contribution in [2.24, 2.45) is 0 Å². The molecule has 0 aliphatic carbocycles. The maximum atomic E-state index is 8.11. The number of epoxide rings is 2. The molecule has 98 valence electrons. The van der Waals surface area contributed by atoms with Gasteiger partial charge in [-0.3, -0.25) is 0 Å². The van der Waals surface area contributed by atoms with E-state index < -0.39 is 6.29 Å². The van der Waals surface area contributed by atoms with Gasteiger partial charge in [-0.2, -0.15) is 0 Å². The van der Waals surface area contributed by atoms with Gasteiger partial charge >= 0.3 is 29.6 Å². The third-order valence-corrected chi connectivity index (χ3v) is 1.96. The molecule has 0 aromatic rings. The molecule has 2 unspecified atom stereocenters. The molecule has 2 heterocycles. The molecule has 0 radical (unpaired) electrons. The first kappa shape index (κ1) is 20.1. The first-order valence-electron chi connectivity index (χ1n) is 5.39. The Hall–Kier alpha value is 0.760. The third-order valence-electron chi connectivity index (χ3n) is 1.96. The van der Waals surface area contributed by atoms with E-state index in [1.807, 2.05) is 6.92 Å². The SMILES string of the molecule is C(OCC1CO1)C1CO1.CCCC(O)O.[Na+].[OH-]. The molecule has 0 aromatic heterocycles. The predicted molar refractivity (Wildman–Crippen MR) is 55.4 cm³/mol. The second-order valence-electron chi connectivity index (χ2n) is 3.72. The van der Waals surface area contributed by atoms with Crippen LogP contribution >= 0.6 is 0 Å². The van der Waals surface area contributed by atoms with Crippen LogP contribution in [0.4, 0.5) is 0 Å². The first-order valence-corrected chi connectivity index (χ1v) is 5.39. The Bertz CT molecular complexity index is 149. The third kappa shape index (κ3) is 14.7. The van der Waals surface area contributed by atoms with Crippen LogP contribution in [0, 0.1) is 0 Å². The number of hydrogen-bond donors (Lipinski definition) is 2. The molecule has 0 spiro atoms. The average Bonchev–Trinajstić information content (AvgIpc) is 2.99. The summed E-state index contributed by atoms with van der Waals surface area (Å²) in [5.74, 6) is 0. The summed E-state index contributed by atoms with van der Waals surface area (Å²) in [4.78, 5) is 0. The Morgan fingerprint density at radius 2 is 1.59 bits per heavy atom. The molecule has 2 aliphatic heterocycles. The summed E-state index contributed by atoms with van der Waals surface area (Å²) in [5, 5.41) is 16.2. The van der Waals surface area contributed by atoms with E-state index in [9.17, 15) is 0 Å². The topological polar surface area (TPSA) is 105 Å². The van der Waals surface area contributed by atoms with Gasteiger partial charge in [-0.15, -0.1) is 0 Å². The summed E-state index contributed by atoms with van der Waals surface area (Å²) in [5.41, 5.74) is 0. The summed E-state index contributed by atoms with van der Waals surface area (Å²) in [6.07, 6.45) is 1.000. The molecule has 2 atom stereocenters. The van der Waals surface area contributed by atoms with Gasteiger partial charge in [0.25, 0.3) is 0 Å². The molecular weight excluding hydrogens is 239 g/mol. The van der Waals surface area contributed by atoms with Crippen molar-refractivity contribution in [2.45, 2.75) is 38.3 Å². The van der Waals surface area contributed by atoms with E-state index in [0.29, 0.717) is 18.6 Å². The molecule has 0 aromatic carbocycles. The average molecular weight is 260 g/mol. The van der Waals surface area contributed by atoms with Crippen LogP contribution in [0.2, 0.25) is 0 Å². The predicted octanol–water partition coefficient (Wildman–Crippen LogP) is -3.27. The fourth-order valence-electron chi connectivity index (χ4n) is 0.918. The second-order valence-corrected chi connectivity index (χ2v) is 3.72. The molecule has 2 aliphatic rings. The molecule has 2 rings (SSSR count).